The van der Waals surface area contributed by atoms with Crippen LogP contribution in [0.25, 0.3) is 0 Å². The van der Waals surface area contributed by atoms with Crippen molar-refractivity contribution < 1.29 is 23.5 Å². The lowest BCUT2D eigenvalue weighted by Gasteiger charge is -2.16. The van der Waals surface area contributed by atoms with Crippen LogP contribution in [0.4, 0.5) is 0 Å². The minimum atomic E-state index is -0.437. The third kappa shape index (κ3) is 2.86. The lowest BCUT2D eigenvalue weighted by molar-refractivity contribution is -0.140. The van der Waals surface area contributed by atoms with E-state index in [1.807, 2.05) is 19.9 Å². The van der Waals surface area contributed by atoms with Gasteiger partial charge in [0.2, 0.25) is 0 Å². The Bertz CT molecular complexity index is 786. The molecule has 1 fully saturated rings. The summed E-state index contributed by atoms with van der Waals surface area (Å²) < 4.78 is 17.3. The molecule has 1 saturated heterocycles. The number of ether oxygens (including phenoxy) is 2. The first-order valence-corrected chi connectivity index (χ1v) is 8.72. The highest BCUT2D eigenvalue weighted by Crippen LogP contribution is 2.54. The van der Waals surface area contributed by atoms with Gasteiger partial charge in [-0.2, -0.15) is 0 Å². The first-order valence-electron chi connectivity index (χ1n) is 8.72. The molecule has 25 heavy (non-hydrogen) atoms. The van der Waals surface area contributed by atoms with Crippen LogP contribution in [0, 0.1) is 5.92 Å². The predicted molar refractivity (Wildman–Crippen MR) is 90.1 cm³/mol. The molecule has 1 aromatic heterocycles. The number of hydrogen-bond donors (Lipinski definition) is 0. The maximum atomic E-state index is 12.1. The van der Waals surface area contributed by atoms with Crippen LogP contribution in [0.2, 0.25) is 0 Å². The van der Waals surface area contributed by atoms with Crippen molar-refractivity contribution in [3.05, 3.63) is 47.0 Å². The van der Waals surface area contributed by atoms with Gasteiger partial charge in [-0.05, 0) is 44.7 Å². The topological polar surface area (TPSA) is 69.0 Å². The molecule has 0 saturated carbocycles. The Morgan fingerprint density at radius 2 is 2.24 bits per heavy atom. The van der Waals surface area contributed by atoms with Crippen LogP contribution in [0.5, 0.6) is 0 Å². The molecule has 0 spiro atoms. The second kappa shape index (κ2) is 5.70. The Morgan fingerprint density at radius 3 is 2.96 bits per heavy atom. The molecule has 3 aliphatic heterocycles. The molecule has 132 valence electrons. The zero-order valence-corrected chi connectivity index (χ0v) is 14.5. The summed E-state index contributed by atoms with van der Waals surface area (Å²) >= 11 is 0. The number of esters is 1. The number of carbonyl (C=O) groups excluding carboxylic acids is 2. The summed E-state index contributed by atoms with van der Waals surface area (Å²) in [5.41, 5.74) is 1.88. The standard InChI is InChI=1S/C20H22O5/c1-11(2)12-4-5-13-6-15(23-19(13)22)9-20(3)18(25-20)17-8-14(10-21)16(7-12)24-17/h6,8,10,12,15,18H,1,4-5,7,9H2,2-3H3/t12-,15-,18+,20-/m1/s1. The maximum absolute atomic E-state index is 12.1. The average Bonchev–Trinajstić information content (AvgIpc) is 2.90. The predicted octanol–water partition coefficient (Wildman–Crippen LogP) is 3.69. The second-order valence-electron chi connectivity index (χ2n) is 7.58. The highest BCUT2D eigenvalue weighted by molar-refractivity contribution is 5.90. The quantitative estimate of drug-likeness (QED) is 0.355. The average molecular weight is 342 g/mol. The van der Waals surface area contributed by atoms with Crippen molar-refractivity contribution >= 4 is 12.3 Å². The summed E-state index contributed by atoms with van der Waals surface area (Å²) in [6, 6.07) is 1.78. The number of fused-ring (bicyclic) bond motifs is 5. The molecular weight excluding hydrogens is 320 g/mol. The molecule has 0 aliphatic carbocycles. The minimum Gasteiger partial charge on any atom is -0.462 e. The van der Waals surface area contributed by atoms with Crippen molar-refractivity contribution in [2.45, 2.75) is 57.3 Å². The van der Waals surface area contributed by atoms with Crippen LogP contribution in [0.3, 0.4) is 0 Å². The summed E-state index contributed by atoms with van der Waals surface area (Å²) in [6.45, 7) is 8.02. The lowest BCUT2D eigenvalue weighted by atomic mass is 9.89. The Morgan fingerprint density at radius 1 is 1.44 bits per heavy atom. The van der Waals surface area contributed by atoms with E-state index in [0.717, 1.165) is 23.9 Å². The Hall–Kier alpha value is -2.14. The van der Waals surface area contributed by atoms with Gasteiger partial charge in [-0.3, -0.25) is 4.79 Å². The van der Waals surface area contributed by atoms with E-state index in [-0.39, 0.29) is 24.1 Å². The molecule has 4 rings (SSSR count). The first-order chi connectivity index (χ1) is 11.9. The molecular formula is C20H22O5. The van der Waals surface area contributed by atoms with E-state index in [2.05, 4.69) is 6.58 Å². The Kier molecular flexibility index (Phi) is 3.72. The van der Waals surface area contributed by atoms with E-state index >= 15 is 0 Å². The molecule has 0 aromatic carbocycles. The summed E-state index contributed by atoms with van der Waals surface area (Å²) in [5, 5.41) is 0. The molecule has 1 aromatic rings. The molecule has 4 bridgehead atoms. The third-order valence-electron chi connectivity index (χ3n) is 5.54. The number of allylic oxidation sites excluding steroid dienone is 1. The molecule has 5 nitrogen and oxygen atoms in total. The van der Waals surface area contributed by atoms with Gasteiger partial charge in [-0.15, -0.1) is 0 Å². The van der Waals surface area contributed by atoms with Crippen LogP contribution >= 0.6 is 0 Å². The van der Waals surface area contributed by atoms with Crippen molar-refractivity contribution in [1.29, 1.82) is 0 Å². The van der Waals surface area contributed by atoms with E-state index in [0.29, 0.717) is 36.3 Å². The van der Waals surface area contributed by atoms with E-state index in [9.17, 15) is 9.59 Å². The van der Waals surface area contributed by atoms with E-state index in [4.69, 9.17) is 13.9 Å². The number of rotatable bonds is 2. The fourth-order valence-corrected chi connectivity index (χ4v) is 3.90. The van der Waals surface area contributed by atoms with Crippen molar-refractivity contribution in [3.63, 3.8) is 0 Å². The van der Waals surface area contributed by atoms with E-state index in [1.54, 1.807) is 6.07 Å². The van der Waals surface area contributed by atoms with Gasteiger partial charge in [-0.25, -0.2) is 4.79 Å². The van der Waals surface area contributed by atoms with Gasteiger partial charge in [0.05, 0.1) is 5.56 Å². The van der Waals surface area contributed by atoms with Crippen molar-refractivity contribution in [3.8, 4) is 0 Å². The Balaban J connectivity index is 1.71. The molecule has 0 unspecified atom stereocenters. The minimum absolute atomic E-state index is 0.137. The fourth-order valence-electron chi connectivity index (χ4n) is 3.90. The molecule has 0 N–H and O–H groups in total. The molecule has 0 amide bonds. The van der Waals surface area contributed by atoms with Gasteiger partial charge >= 0.3 is 5.97 Å². The second-order valence-corrected chi connectivity index (χ2v) is 7.58. The van der Waals surface area contributed by atoms with Gasteiger partial charge in [-0.1, -0.05) is 12.2 Å². The van der Waals surface area contributed by atoms with Gasteiger partial charge in [0.15, 0.2) is 6.29 Å². The number of epoxide rings is 1. The molecule has 4 atom stereocenters. The normalized spacial score (nSPS) is 33.9. The Labute approximate surface area is 146 Å². The van der Waals surface area contributed by atoms with E-state index < -0.39 is 5.60 Å². The molecule has 0 radical (unpaired) electrons. The van der Waals surface area contributed by atoms with Crippen LogP contribution in [0.15, 0.2) is 34.3 Å². The van der Waals surface area contributed by atoms with Crippen molar-refractivity contribution in [2.75, 3.05) is 0 Å². The smallest absolute Gasteiger partial charge is 0.334 e. The van der Waals surface area contributed by atoms with Gasteiger partial charge in [0.1, 0.15) is 29.3 Å². The lowest BCUT2D eigenvalue weighted by Crippen LogP contribution is -2.18. The van der Waals surface area contributed by atoms with Crippen LogP contribution in [-0.2, 0) is 20.7 Å². The number of carbonyl (C=O) groups is 2. The van der Waals surface area contributed by atoms with Gasteiger partial charge in [0, 0.05) is 18.4 Å². The largest absolute Gasteiger partial charge is 0.462 e. The summed E-state index contributed by atoms with van der Waals surface area (Å²) in [5.74, 6) is 1.26. The van der Waals surface area contributed by atoms with Crippen molar-refractivity contribution in [1.82, 2.24) is 0 Å². The number of hydrogen-bond acceptors (Lipinski definition) is 5. The number of furan rings is 1. The zero-order chi connectivity index (χ0) is 17.8. The zero-order valence-electron chi connectivity index (χ0n) is 14.5. The monoisotopic (exact) mass is 342 g/mol. The van der Waals surface area contributed by atoms with Gasteiger partial charge < -0.3 is 13.9 Å². The molecule has 3 aliphatic rings. The van der Waals surface area contributed by atoms with Gasteiger partial charge in [0.25, 0.3) is 0 Å². The SMILES string of the molecule is C=C(C)[C@@H]1CCC2=C[C@H](C[C@@]3(C)O[C@H]3c3cc(C=O)c(o3)C1)OC2=O. The molecule has 4 heterocycles. The fraction of sp³-hybridized carbons (Fsp3) is 0.500. The van der Waals surface area contributed by atoms with Crippen LogP contribution in [0.1, 0.15) is 61.1 Å². The van der Waals surface area contributed by atoms with Crippen LogP contribution in [-0.4, -0.2) is 24.0 Å². The number of aldehydes is 1. The van der Waals surface area contributed by atoms with E-state index in [1.165, 1.54) is 0 Å². The molecule has 5 heteroatoms. The highest BCUT2D eigenvalue weighted by Gasteiger charge is 2.57. The van der Waals surface area contributed by atoms with Crippen LogP contribution < -0.4 is 0 Å². The maximum Gasteiger partial charge on any atom is 0.334 e. The first kappa shape index (κ1) is 16.3. The highest BCUT2D eigenvalue weighted by atomic mass is 16.6. The summed E-state index contributed by atoms with van der Waals surface area (Å²) in [7, 11) is 0. The summed E-state index contributed by atoms with van der Waals surface area (Å²) in [6.07, 6.45) is 4.89. The third-order valence-corrected chi connectivity index (χ3v) is 5.54. The van der Waals surface area contributed by atoms with Crippen molar-refractivity contribution in [2.24, 2.45) is 5.92 Å². The summed E-state index contributed by atoms with van der Waals surface area (Å²) in [4.78, 5) is 23.6.